The van der Waals surface area contributed by atoms with Crippen LogP contribution in [-0.2, 0) is 4.74 Å². The van der Waals surface area contributed by atoms with E-state index in [9.17, 15) is 0 Å². The Labute approximate surface area is 55.6 Å². The van der Waals surface area contributed by atoms with Gasteiger partial charge in [-0.1, -0.05) is 0 Å². The topological polar surface area (TPSA) is 21.3 Å². The Bertz CT molecular complexity index is 93.1. The summed E-state index contributed by atoms with van der Waals surface area (Å²) >= 11 is 0. The zero-order chi connectivity index (χ0) is 6.10. The van der Waals surface area contributed by atoms with Crippen LogP contribution in [0.5, 0.6) is 0 Å². The van der Waals surface area contributed by atoms with Crippen LogP contribution in [0, 0.1) is 11.8 Å². The monoisotopic (exact) mass is 127 g/mol. The van der Waals surface area contributed by atoms with Gasteiger partial charge >= 0.3 is 0 Å². The van der Waals surface area contributed by atoms with E-state index in [0.29, 0.717) is 0 Å². The van der Waals surface area contributed by atoms with E-state index >= 15 is 0 Å². The minimum Gasteiger partial charge on any atom is -0.381 e. The fraction of sp³-hybridized carbons (Fsp3) is 1.00. The Kier molecular flexibility index (Phi) is 1.44. The number of fused-ring (bicyclic) bond motifs is 1. The van der Waals surface area contributed by atoms with E-state index in [2.05, 4.69) is 5.32 Å². The lowest BCUT2D eigenvalue weighted by atomic mass is 9.90. The molecule has 2 atom stereocenters. The second-order valence-electron chi connectivity index (χ2n) is 3.05. The molecule has 0 spiro atoms. The lowest BCUT2D eigenvalue weighted by Gasteiger charge is -2.23. The zero-order valence-corrected chi connectivity index (χ0v) is 5.60. The maximum atomic E-state index is 5.35. The predicted octanol–water partition coefficient (Wildman–Crippen LogP) is 0.242. The molecule has 2 saturated heterocycles. The van der Waals surface area contributed by atoms with Crippen molar-refractivity contribution >= 4 is 0 Å². The van der Waals surface area contributed by atoms with Gasteiger partial charge in [0, 0.05) is 13.2 Å². The maximum Gasteiger partial charge on any atom is 0.0510 e. The first-order chi connectivity index (χ1) is 4.47. The van der Waals surface area contributed by atoms with Crippen LogP contribution >= 0.6 is 0 Å². The Morgan fingerprint density at radius 1 is 1.22 bits per heavy atom. The van der Waals surface area contributed by atoms with E-state index < -0.39 is 0 Å². The van der Waals surface area contributed by atoms with Crippen LogP contribution in [-0.4, -0.2) is 26.3 Å². The normalized spacial score (nSPS) is 42.7. The van der Waals surface area contributed by atoms with Gasteiger partial charge in [-0.2, -0.15) is 0 Å². The second-order valence-corrected chi connectivity index (χ2v) is 3.05. The molecule has 2 nitrogen and oxygen atoms in total. The summed E-state index contributed by atoms with van der Waals surface area (Å²) in [5, 5.41) is 3.38. The van der Waals surface area contributed by atoms with Gasteiger partial charge in [0.2, 0.25) is 0 Å². The highest BCUT2D eigenvalue weighted by Gasteiger charge is 2.29. The second kappa shape index (κ2) is 2.27. The zero-order valence-electron chi connectivity index (χ0n) is 5.60. The van der Waals surface area contributed by atoms with Crippen molar-refractivity contribution in [1.29, 1.82) is 0 Å². The molecule has 2 aliphatic heterocycles. The number of hydrogen-bond donors (Lipinski definition) is 1. The minimum absolute atomic E-state index is 0.832. The molecule has 52 valence electrons. The number of piperidine rings is 1. The molecule has 2 aliphatic rings. The van der Waals surface area contributed by atoms with Crippen molar-refractivity contribution in [3.63, 3.8) is 0 Å². The van der Waals surface area contributed by atoms with Crippen LogP contribution in [0.4, 0.5) is 0 Å². The van der Waals surface area contributed by atoms with Gasteiger partial charge in [0.05, 0.1) is 6.61 Å². The standard InChI is InChI=1S/C7H13NO/c1-2-8-3-7-5-9-4-6(1)7/h6-8H,1-5H2/t6-,7+/m0/s1. The first-order valence-corrected chi connectivity index (χ1v) is 3.75. The molecule has 0 aromatic carbocycles. The van der Waals surface area contributed by atoms with E-state index in [-0.39, 0.29) is 0 Å². The maximum absolute atomic E-state index is 5.35. The average molecular weight is 127 g/mol. The molecule has 9 heavy (non-hydrogen) atoms. The summed E-state index contributed by atoms with van der Waals surface area (Å²) in [6, 6.07) is 0. The van der Waals surface area contributed by atoms with Crippen molar-refractivity contribution in [3.8, 4) is 0 Å². The molecular weight excluding hydrogens is 114 g/mol. The van der Waals surface area contributed by atoms with E-state index in [1.165, 1.54) is 19.5 Å². The summed E-state index contributed by atoms with van der Waals surface area (Å²) in [7, 11) is 0. The molecule has 0 amide bonds. The third-order valence-electron chi connectivity index (χ3n) is 2.43. The van der Waals surface area contributed by atoms with Gasteiger partial charge in [-0.05, 0) is 24.8 Å². The third-order valence-corrected chi connectivity index (χ3v) is 2.43. The first kappa shape index (κ1) is 5.69. The number of hydrogen-bond acceptors (Lipinski definition) is 2. The third kappa shape index (κ3) is 0.970. The Morgan fingerprint density at radius 2 is 2.11 bits per heavy atom. The highest BCUT2D eigenvalue weighted by atomic mass is 16.5. The molecule has 0 bridgehead atoms. The lowest BCUT2D eigenvalue weighted by molar-refractivity contribution is 0.182. The highest BCUT2D eigenvalue weighted by molar-refractivity contribution is 4.81. The van der Waals surface area contributed by atoms with Gasteiger partial charge in [0.25, 0.3) is 0 Å². The molecule has 0 aromatic heterocycles. The van der Waals surface area contributed by atoms with Gasteiger partial charge in [0.1, 0.15) is 0 Å². The van der Waals surface area contributed by atoms with Crippen molar-refractivity contribution in [2.24, 2.45) is 11.8 Å². The lowest BCUT2D eigenvalue weighted by Crippen LogP contribution is -2.35. The molecule has 0 radical (unpaired) electrons. The molecular formula is C7H13NO. The van der Waals surface area contributed by atoms with Crippen LogP contribution in [0.3, 0.4) is 0 Å². The molecule has 2 rings (SSSR count). The summed E-state index contributed by atoms with van der Waals surface area (Å²) in [6.45, 7) is 4.40. The Hall–Kier alpha value is -0.0800. The Balaban J connectivity index is 1.97. The van der Waals surface area contributed by atoms with Crippen molar-refractivity contribution < 1.29 is 4.74 Å². The molecule has 2 heteroatoms. The average Bonchev–Trinajstić information content (AvgIpc) is 2.33. The molecule has 2 fully saturated rings. The fourth-order valence-corrected chi connectivity index (χ4v) is 1.76. The fourth-order valence-electron chi connectivity index (χ4n) is 1.76. The number of ether oxygens (including phenoxy) is 1. The summed E-state index contributed by atoms with van der Waals surface area (Å²) in [6.07, 6.45) is 1.32. The highest BCUT2D eigenvalue weighted by Crippen LogP contribution is 2.25. The Morgan fingerprint density at radius 3 is 3.00 bits per heavy atom. The molecule has 1 N–H and O–H groups in total. The molecule has 2 heterocycles. The molecule has 0 aliphatic carbocycles. The van der Waals surface area contributed by atoms with Crippen LogP contribution in [0.25, 0.3) is 0 Å². The van der Waals surface area contributed by atoms with Crippen LogP contribution in [0.1, 0.15) is 6.42 Å². The number of nitrogens with one attached hydrogen (secondary N) is 1. The van der Waals surface area contributed by atoms with Crippen molar-refractivity contribution in [2.45, 2.75) is 6.42 Å². The first-order valence-electron chi connectivity index (χ1n) is 3.75. The van der Waals surface area contributed by atoms with Gasteiger partial charge in [-0.25, -0.2) is 0 Å². The molecule has 0 unspecified atom stereocenters. The minimum atomic E-state index is 0.832. The summed E-state index contributed by atoms with van der Waals surface area (Å²) in [5.74, 6) is 1.71. The van der Waals surface area contributed by atoms with Crippen LogP contribution < -0.4 is 5.32 Å². The van der Waals surface area contributed by atoms with Crippen LogP contribution in [0.15, 0.2) is 0 Å². The van der Waals surface area contributed by atoms with Gasteiger partial charge < -0.3 is 10.1 Å². The van der Waals surface area contributed by atoms with Crippen molar-refractivity contribution in [1.82, 2.24) is 5.32 Å². The summed E-state index contributed by atoms with van der Waals surface area (Å²) in [4.78, 5) is 0. The predicted molar refractivity (Wildman–Crippen MR) is 35.3 cm³/mol. The van der Waals surface area contributed by atoms with Gasteiger partial charge in [-0.15, -0.1) is 0 Å². The molecule has 0 saturated carbocycles. The summed E-state index contributed by atoms with van der Waals surface area (Å²) < 4.78 is 5.35. The van der Waals surface area contributed by atoms with Crippen molar-refractivity contribution in [3.05, 3.63) is 0 Å². The van der Waals surface area contributed by atoms with Gasteiger partial charge in [-0.3, -0.25) is 0 Å². The van der Waals surface area contributed by atoms with E-state index in [1.807, 2.05) is 0 Å². The quantitative estimate of drug-likeness (QED) is 0.503. The van der Waals surface area contributed by atoms with E-state index in [4.69, 9.17) is 4.74 Å². The largest absolute Gasteiger partial charge is 0.381 e. The molecule has 0 aromatic rings. The smallest absolute Gasteiger partial charge is 0.0510 e. The van der Waals surface area contributed by atoms with E-state index in [0.717, 1.165) is 25.0 Å². The van der Waals surface area contributed by atoms with Crippen molar-refractivity contribution in [2.75, 3.05) is 26.3 Å². The number of rotatable bonds is 0. The van der Waals surface area contributed by atoms with Gasteiger partial charge in [0.15, 0.2) is 0 Å². The van der Waals surface area contributed by atoms with E-state index in [1.54, 1.807) is 0 Å². The summed E-state index contributed by atoms with van der Waals surface area (Å²) in [5.41, 5.74) is 0. The SMILES string of the molecule is C1C[C@H]2COC[C@H]2CN1. The van der Waals surface area contributed by atoms with Crippen LogP contribution in [0.2, 0.25) is 0 Å².